The fraction of sp³-hybridized carbons (Fsp3) is 0.333. The Hall–Kier alpha value is -1.87. The van der Waals surface area contributed by atoms with Crippen molar-refractivity contribution in [3.63, 3.8) is 0 Å². The number of hydrogen-bond donors (Lipinski definition) is 0. The second-order valence-corrected chi connectivity index (χ2v) is 5.82. The summed E-state index contributed by atoms with van der Waals surface area (Å²) in [5.41, 5.74) is 3.99. The largest absolute Gasteiger partial charge is 0.488 e. The van der Waals surface area contributed by atoms with E-state index in [-0.39, 0.29) is 0 Å². The molecule has 1 heterocycles. The van der Waals surface area contributed by atoms with Crippen molar-refractivity contribution in [2.45, 2.75) is 40.3 Å². The van der Waals surface area contributed by atoms with Crippen LogP contribution in [0.3, 0.4) is 0 Å². The Balaban J connectivity index is 2.17. The number of benzene rings is 1. The summed E-state index contributed by atoms with van der Waals surface area (Å²) in [5, 5.41) is 0.529. The molecule has 2 rings (SSSR count). The third kappa shape index (κ3) is 3.86. The Kier molecular flexibility index (Phi) is 5.56. The van der Waals surface area contributed by atoms with Crippen molar-refractivity contribution >= 4 is 17.9 Å². The van der Waals surface area contributed by atoms with Gasteiger partial charge in [-0.15, -0.1) is 0 Å². The zero-order valence-corrected chi connectivity index (χ0v) is 14.0. The number of rotatable bonds is 6. The molecular formula is C18H21ClNO2+. The van der Waals surface area contributed by atoms with Gasteiger partial charge in [-0.3, -0.25) is 4.79 Å². The normalized spacial score (nSPS) is 10.5. The Morgan fingerprint density at radius 2 is 1.86 bits per heavy atom. The van der Waals surface area contributed by atoms with E-state index in [1.54, 1.807) is 18.2 Å². The van der Waals surface area contributed by atoms with E-state index in [2.05, 4.69) is 37.5 Å². The topological polar surface area (TPSA) is 30.2 Å². The van der Waals surface area contributed by atoms with E-state index in [0.29, 0.717) is 22.9 Å². The number of carbonyl (C=O) groups excluding carboxylic acids is 1. The molecule has 4 heteroatoms. The fourth-order valence-electron chi connectivity index (χ4n) is 2.58. The molecule has 0 fully saturated rings. The highest BCUT2D eigenvalue weighted by Gasteiger charge is 2.12. The van der Waals surface area contributed by atoms with E-state index in [1.165, 1.54) is 11.4 Å². The van der Waals surface area contributed by atoms with Crippen LogP contribution < -0.4 is 9.30 Å². The van der Waals surface area contributed by atoms with Gasteiger partial charge < -0.3 is 4.74 Å². The molecule has 0 N–H and O–H groups in total. The average Bonchev–Trinajstić information content (AvgIpc) is 2.49. The highest BCUT2D eigenvalue weighted by atomic mass is 35.5. The average molecular weight is 319 g/mol. The van der Waals surface area contributed by atoms with E-state index >= 15 is 0 Å². The maximum absolute atomic E-state index is 11.1. The number of aryl methyl sites for hydroxylation is 2. The van der Waals surface area contributed by atoms with Crippen LogP contribution in [0, 0.1) is 13.8 Å². The first-order chi connectivity index (χ1) is 10.5. The minimum Gasteiger partial charge on any atom is -0.488 e. The molecule has 0 spiro atoms. The zero-order chi connectivity index (χ0) is 16.1. The molecule has 3 nitrogen and oxygen atoms in total. The van der Waals surface area contributed by atoms with Gasteiger partial charge in [0.05, 0.1) is 5.56 Å². The van der Waals surface area contributed by atoms with Crippen molar-refractivity contribution in [2.24, 2.45) is 0 Å². The predicted molar refractivity (Wildman–Crippen MR) is 87.6 cm³/mol. The highest BCUT2D eigenvalue weighted by Crippen LogP contribution is 2.22. The number of hydrogen-bond acceptors (Lipinski definition) is 2. The van der Waals surface area contributed by atoms with Gasteiger partial charge in [-0.05, 0) is 18.2 Å². The van der Waals surface area contributed by atoms with E-state index in [0.717, 1.165) is 24.8 Å². The van der Waals surface area contributed by atoms with Crippen LogP contribution in [0.2, 0.25) is 5.02 Å². The van der Waals surface area contributed by atoms with Crippen molar-refractivity contribution < 1.29 is 14.1 Å². The van der Waals surface area contributed by atoms with Crippen LogP contribution in [0.1, 0.15) is 40.7 Å². The minimum absolute atomic E-state index is 0.428. The molecule has 0 saturated carbocycles. The Morgan fingerprint density at radius 1 is 1.18 bits per heavy atom. The lowest BCUT2D eigenvalue weighted by Crippen LogP contribution is -2.40. The van der Waals surface area contributed by atoms with Gasteiger partial charge in [0, 0.05) is 43.0 Å². The molecule has 1 aromatic heterocycles. The van der Waals surface area contributed by atoms with Gasteiger partial charge in [-0.2, -0.15) is 0 Å². The number of ether oxygens (including phenoxy) is 1. The highest BCUT2D eigenvalue weighted by molar-refractivity contribution is 6.30. The smallest absolute Gasteiger partial charge is 0.178 e. The summed E-state index contributed by atoms with van der Waals surface area (Å²) in [6, 6.07) is 9.31. The fourth-order valence-corrected chi connectivity index (χ4v) is 2.76. The number of carbonyl (C=O) groups is 1. The lowest BCUT2D eigenvalue weighted by atomic mass is 10.2. The molecule has 0 radical (unpaired) electrons. The SMILES string of the molecule is CCC[n+]1c(C)cc(COc2ccc(Cl)cc2C=O)cc1C. The molecule has 0 aliphatic rings. The van der Waals surface area contributed by atoms with Gasteiger partial charge in [0.25, 0.3) is 0 Å². The van der Waals surface area contributed by atoms with Crippen LogP contribution in [0.5, 0.6) is 5.75 Å². The predicted octanol–water partition coefficient (Wildman–Crippen LogP) is 4.05. The second-order valence-electron chi connectivity index (χ2n) is 5.39. The monoisotopic (exact) mass is 318 g/mol. The van der Waals surface area contributed by atoms with E-state index in [4.69, 9.17) is 16.3 Å². The molecule has 0 aliphatic carbocycles. The summed E-state index contributed by atoms with van der Waals surface area (Å²) in [7, 11) is 0. The van der Waals surface area contributed by atoms with Crippen LogP contribution in [0.15, 0.2) is 30.3 Å². The molecule has 0 bridgehead atoms. The first-order valence-corrected chi connectivity index (χ1v) is 7.80. The van der Waals surface area contributed by atoms with Gasteiger partial charge in [0.1, 0.15) is 18.9 Å². The van der Waals surface area contributed by atoms with Crippen molar-refractivity contribution in [2.75, 3.05) is 0 Å². The summed E-state index contributed by atoms with van der Waals surface area (Å²) in [4.78, 5) is 11.1. The quantitative estimate of drug-likeness (QED) is 0.594. The van der Waals surface area contributed by atoms with Crippen LogP contribution in [0.4, 0.5) is 0 Å². The third-order valence-corrected chi connectivity index (χ3v) is 3.82. The Morgan fingerprint density at radius 3 is 2.45 bits per heavy atom. The van der Waals surface area contributed by atoms with E-state index < -0.39 is 0 Å². The van der Waals surface area contributed by atoms with E-state index in [9.17, 15) is 4.79 Å². The molecule has 2 aromatic rings. The standard InChI is InChI=1S/C18H21ClNO2/c1-4-7-20-13(2)8-15(9-14(20)3)12-22-18-6-5-17(19)10-16(18)11-21/h5-6,8-11H,4,7,12H2,1-3H3/q+1. The minimum atomic E-state index is 0.428. The van der Waals surface area contributed by atoms with Gasteiger partial charge in [0.2, 0.25) is 0 Å². The number of aldehydes is 1. The zero-order valence-electron chi connectivity index (χ0n) is 13.2. The number of pyridine rings is 1. The summed E-state index contributed by atoms with van der Waals surface area (Å²) < 4.78 is 8.07. The first-order valence-electron chi connectivity index (χ1n) is 7.42. The molecule has 0 amide bonds. The van der Waals surface area contributed by atoms with Crippen molar-refractivity contribution in [3.05, 3.63) is 57.9 Å². The van der Waals surface area contributed by atoms with Crippen LogP contribution in [-0.2, 0) is 13.2 Å². The third-order valence-electron chi connectivity index (χ3n) is 3.58. The van der Waals surface area contributed by atoms with Crippen molar-refractivity contribution in [1.82, 2.24) is 0 Å². The molecule has 0 atom stereocenters. The van der Waals surface area contributed by atoms with Crippen molar-refractivity contribution in [3.8, 4) is 5.75 Å². The molecule has 0 unspecified atom stereocenters. The van der Waals surface area contributed by atoms with E-state index in [1.807, 2.05) is 0 Å². The maximum Gasteiger partial charge on any atom is 0.178 e. The summed E-state index contributed by atoms with van der Waals surface area (Å²) in [6.45, 7) is 7.82. The summed E-state index contributed by atoms with van der Waals surface area (Å²) >= 11 is 5.88. The summed E-state index contributed by atoms with van der Waals surface area (Å²) in [6.07, 6.45) is 1.87. The maximum atomic E-state index is 11.1. The molecule has 0 saturated heterocycles. The van der Waals surface area contributed by atoms with Gasteiger partial charge >= 0.3 is 0 Å². The van der Waals surface area contributed by atoms with Crippen LogP contribution in [0.25, 0.3) is 0 Å². The van der Waals surface area contributed by atoms with Gasteiger partial charge in [0.15, 0.2) is 17.7 Å². The second kappa shape index (κ2) is 7.41. The molecular weight excluding hydrogens is 298 g/mol. The van der Waals surface area contributed by atoms with Gasteiger partial charge in [-0.25, -0.2) is 4.57 Å². The molecule has 1 aromatic carbocycles. The summed E-state index contributed by atoms with van der Waals surface area (Å²) in [5.74, 6) is 0.556. The van der Waals surface area contributed by atoms with Crippen LogP contribution in [-0.4, -0.2) is 6.29 Å². The molecule has 22 heavy (non-hydrogen) atoms. The first kappa shape index (κ1) is 16.5. The lowest BCUT2D eigenvalue weighted by Gasteiger charge is -2.10. The molecule has 116 valence electrons. The lowest BCUT2D eigenvalue weighted by molar-refractivity contribution is -0.708. The number of aromatic nitrogens is 1. The Labute approximate surface area is 136 Å². The van der Waals surface area contributed by atoms with Crippen LogP contribution >= 0.6 is 11.6 Å². The molecule has 0 aliphatic heterocycles. The number of halogens is 1. The number of nitrogens with zero attached hydrogens (tertiary/aromatic N) is 1. The van der Waals surface area contributed by atoms with Crippen molar-refractivity contribution in [1.29, 1.82) is 0 Å². The van der Waals surface area contributed by atoms with Gasteiger partial charge in [-0.1, -0.05) is 18.5 Å². The Bertz CT molecular complexity index is 660.